The summed E-state index contributed by atoms with van der Waals surface area (Å²) in [6.07, 6.45) is 4.55. The van der Waals surface area contributed by atoms with Crippen molar-refractivity contribution in [2.24, 2.45) is 0 Å². The summed E-state index contributed by atoms with van der Waals surface area (Å²) in [5.74, 6) is 0. The Bertz CT molecular complexity index is 152. The molecule has 122 valence electrons. The van der Waals surface area contributed by atoms with Crippen molar-refractivity contribution >= 4 is 0 Å². The van der Waals surface area contributed by atoms with Crippen molar-refractivity contribution in [2.75, 3.05) is 66.4 Å². The Morgan fingerprint density at radius 1 is 0.600 bits per heavy atom. The topological polar surface area (TPSA) is 49.0 Å². The molecule has 0 atom stereocenters. The maximum atomic E-state index is 5.45. The fourth-order valence-corrected chi connectivity index (χ4v) is 1.51. The molecule has 0 saturated carbocycles. The van der Waals surface area contributed by atoms with Crippen LogP contribution in [0, 0.1) is 0 Å². The van der Waals surface area contributed by atoms with Gasteiger partial charge in [-0.1, -0.05) is 13.3 Å². The Morgan fingerprint density at radius 2 is 1.05 bits per heavy atom. The Morgan fingerprint density at radius 3 is 1.50 bits per heavy atom. The van der Waals surface area contributed by atoms with Crippen molar-refractivity contribution in [1.82, 2.24) is 5.32 Å². The zero-order chi connectivity index (χ0) is 14.7. The van der Waals surface area contributed by atoms with Crippen molar-refractivity contribution in [3.05, 3.63) is 0 Å². The first-order valence-corrected chi connectivity index (χ1v) is 7.87. The molecule has 0 spiro atoms. The SMILES string of the molecule is CCCCOCCOCCOCCOCCCCNC. The molecular formula is C15H33NO4. The summed E-state index contributed by atoms with van der Waals surface area (Å²) in [6, 6.07) is 0. The molecule has 5 heteroatoms. The van der Waals surface area contributed by atoms with E-state index in [0.717, 1.165) is 39.0 Å². The number of hydrogen-bond acceptors (Lipinski definition) is 5. The predicted molar refractivity (Wildman–Crippen MR) is 81.3 cm³/mol. The summed E-state index contributed by atoms with van der Waals surface area (Å²) in [6.45, 7) is 8.74. The highest BCUT2D eigenvalue weighted by Gasteiger charge is 1.93. The zero-order valence-corrected chi connectivity index (χ0v) is 13.3. The van der Waals surface area contributed by atoms with Crippen molar-refractivity contribution in [1.29, 1.82) is 0 Å². The van der Waals surface area contributed by atoms with Crippen molar-refractivity contribution in [3.8, 4) is 0 Å². The second kappa shape index (κ2) is 18.8. The molecule has 0 unspecified atom stereocenters. The maximum Gasteiger partial charge on any atom is 0.0701 e. The van der Waals surface area contributed by atoms with Gasteiger partial charge < -0.3 is 24.3 Å². The fourth-order valence-electron chi connectivity index (χ4n) is 1.51. The molecule has 5 nitrogen and oxygen atoms in total. The zero-order valence-electron chi connectivity index (χ0n) is 13.3. The summed E-state index contributed by atoms with van der Waals surface area (Å²) >= 11 is 0. The van der Waals surface area contributed by atoms with E-state index in [2.05, 4.69) is 12.2 Å². The molecule has 0 aromatic carbocycles. The van der Waals surface area contributed by atoms with Gasteiger partial charge in [0.1, 0.15) is 0 Å². The van der Waals surface area contributed by atoms with Crippen LogP contribution in [-0.2, 0) is 18.9 Å². The van der Waals surface area contributed by atoms with Gasteiger partial charge in [-0.3, -0.25) is 0 Å². The standard InChI is InChI=1S/C15H33NO4/c1-3-4-8-17-10-12-19-14-15-20-13-11-18-9-6-5-7-16-2/h16H,3-15H2,1-2H3. The third-order valence-electron chi connectivity index (χ3n) is 2.72. The predicted octanol–water partition coefficient (Wildman–Crippen LogP) is 1.85. The van der Waals surface area contributed by atoms with Gasteiger partial charge in [0.25, 0.3) is 0 Å². The van der Waals surface area contributed by atoms with Crippen LogP contribution in [0.4, 0.5) is 0 Å². The van der Waals surface area contributed by atoms with E-state index in [-0.39, 0.29) is 0 Å². The smallest absolute Gasteiger partial charge is 0.0701 e. The maximum absolute atomic E-state index is 5.45. The monoisotopic (exact) mass is 291 g/mol. The molecule has 1 N–H and O–H groups in total. The highest BCUT2D eigenvalue weighted by atomic mass is 16.6. The Kier molecular flexibility index (Phi) is 18.6. The molecule has 0 radical (unpaired) electrons. The molecular weight excluding hydrogens is 258 g/mol. The third-order valence-corrected chi connectivity index (χ3v) is 2.72. The number of nitrogens with one attached hydrogen (secondary N) is 1. The van der Waals surface area contributed by atoms with E-state index in [1.165, 1.54) is 6.42 Å². The average Bonchev–Trinajstić information content (AvgIpc) is 2.47. The lowest BCUT2D eigenvalue weighted by molar-refractivity contribution is -0.00233. The first-order chi connectivity index (χ1) is 9.91. The molecule has 0 rings (SSSR count). The van der Waals surface area contributed by atoms with E-state index >= 15 is 0 Å². The highest BCUT2D eigenvalue weighted by molar-refractivity contribution is 4.42. The first-order valence-electron chi connectivity index (χ1n) is 7.87. The van der Waals surface area contributed by atoms with Gasteiger partial charge in [-0.25, -0.2) is 0 Å². The minimum atomic E-state index is 0.623. The van der Waals surface area contributed by atoms with E-state index < -0.39 is 0 Å². The lowest BCUT2D eigenvalue weighted by atomic mass is 10.3. The summed E-state index contributed by atoms with van der Waals surface area (Å²) in [7, 11) is 1.97. The lowest BCUT2D eigenvalue weighted by Gasteiger charge is -2.07. The van der Waals surface area contributed by atoms with E-state index in [1.54, 1.807) is 0 Å². The summed E-state index contributed by atoms with van der Waals surface area (Å²) < 4.78 is 21.6. The Hall–Kier alpha value is -0.200. The van der Waals surface area contributed by atoms with Gasteiger partial charge in [-0.05, 0) is 32.9 Å². The van der Waals surface area contributed by atoms with Crippen LogP contribution in [0.1, 0.15) is 32.6 Å². The van der Waals surface area contributed by atoms with E-state index in [0.29, 0.717) is 39.6 Å². The number of unbranched alkanes of at least 4 members (excludes halogenated alkanes) is 2. The van der Waals surface area contributed by atoms with Crippen LogP contribution in [-0.4, -0.2) is 66.4 Å². The van der Waals surface area contributed by atoms with Crippen LogP contribution in [0.3, 0.4) is 0 Å². The normalized spacial score (nSPS) is 11.1. The Balaban J connectivity index is 2.89. The van der Waals surface area contributed by atoms with Crippen LogP contribution in [0.25, 0.3) is 0 Å². The molecule has 0 heterocycles. The highest BCUT2D eigenvalue weighted by Crippen LogP contribution is 1.89. The summed E-state index contributed by atoms with van der Waals surface area (Å²) in [4.78, 5) is 0. The molecule has 0 aliphatic heterocycles. The summed E-state index contributed by atoms with van der Waals surface area (Å²) in [5, 5.41) is 3.11. The Labute approximate surface area is 124 Å². The van der Waals surface area contributed by atoms with Crippen molar-refractivity contribution < 1.29 is 18.9 Å². The van der Waals surface area contributed by atoms with Crippen LogP contribution in [0.5, 0.6) is 0 Å². The first kappa shape index (κ1) is 19.8. The molecule has 0 aliphatic rings. The molecule has 0 aliphatic carbocycles. The fraction of sp³-hybridized carbons (Fsp3) is 1.00. The molecule has 0 amide bonds. The lowest BCUT2D eigenvalue weighted by Crippen LogP contribution is -2.12. The number of ether oxygens (including phenoxy) is 4. The van der Waals surface area contributed by atoms with Crippen molar-refractivity contribution in [2.45, 2.75) is 32.6 Å². The second-order valence-electron chi connectivity index (χ2n) is 4.61. The van der Waals surface area contributed by atoms with Crippen LogP contribution < -0.4 is 5.32 Å². The van der Waals surface area contributed by atoms with Gasteiger partial charge in [0.15, 0.2) is 0 Å². The molecule has 0 fully saturated rings. The molecule has 0 aromatic rings. The molecule has 0 bridgehead atoms. The van der Waals surface area contributed by atoms with Gasteiger partial charge in [0, 0.05) is 13.2 Å². The van der Waals surface area contributed by atoms with Crippen LogP contribution in [0.15, 0.2) is 0 Å². The average molecular weight is 291 g/mol. The molecule has 0 saturated heterocycles. The van der Waals surface area contributed by atoms with Crippen molar-refractivity contribution in [3.63, 3.8) is 0 Å². The number of hydrogen-bond donors (Lipinski definition) is 1. The molecule has 20 heavy (non-hydrogen) atoms. The van der Waals surface area contributed by atoms with Gasteiger partial charge >= 0.3 is 0 Å². The van der Waals surface area contributed by atoms with Gasteiger partial charge in [0.2, 0.25) is 0 Å². The third kappa shape index (κ3) is 17.8. The largest absolute Gasteiger partial charge is 0.379 e. The van der Waals surface area contributed by atoms with E-state index in [9.17, 15) is 0 Å². The quantitative estimate of drug-likeness (QED) is 0.415. The minimum absolute atomic E-state index is 0.623. The minimum Gasteiger partial charge on any atom is -0.379 e. The van der Waals surface area contributed by atoms with Gasteiger partial charge in [0.05, 0.1) is 39.6 Å². The van der Waals surface area contributed by atoms with E-state index in [4.69, 9.17) is 18.9 Å². The second-order valence-corrected chi connectivity index (χ2v) is 4.61. The van der Waals surface area contributed by atoms with Gasteiger partial charge in [-0.15, -0.1) is 0 Å². The van der Waals surface area contributed by atoms with Crippen LogP contribution >= 0.6 is 0 Å². The number of rotatable bonds is 17. The van der Waals surface area contributed by atoms with Gasteiger partial charge in [-0.2, -0.15) is 0 Å². The van der Waals surface area contributed by atoms with E-state index in [1.807, 2.05) is 7.05 Å². The van der Waals surface area contributed by atoms with Crippen LogP contribution in [0.2, 0.25) is 0 Å². The summed E-state index contributed by atoms with van der Waals surface area (Å²) in [5.41, 5.74) is 0. The molecule has 0 aromatic heterocycles.